The van der Waals surface area contributed by atoms with Crippen LogP contribution >= 0.6 is 0 Å². The normalized spacial score (nSPS) is 20.7. The number of piperidine rings is 1. The maximum Gasteiger partial charge on any atom is 0.573 e. The van der Waals surface area contributed by atoms with Crippen LogP contribution in [0.2, 0.25) is 0 Å². The third kappa shape index (κ3) is 6.03. The lowest BCUT2D eigenvalue weighted by atomic mass is 9.72. The number of ether oxygens (including phenoxy) is 2. The standard InChI is InChI=1S/C21H27F3N2O5/c22-21(23,24)31-16-6-4-14(5-7-16)17(20(29)10-2-1-3-11-20)18(27)26-12-8-15(9-13-26)30-19(25)28/h4-7,15,17,29H,1-3,8-13H2,(H2,25,28). The van der Waals surface area contributed by atoms with Crippen molar-refractivity contribution in [3.63, 3.8) is 0 Å². The van der Waals surface area contributed by atoms with Crippen LogP contribution in [0, 0.1) is 0 Å². The number of benzene rings is 1. The van der Waals surface area contributed by atoms with Crippen molar-refractivity contribution in [2.45, 2.75) is 68.9 Å². The molecule has 3 rings (SSSR count). The van der Waals surface area contributed by atoms with Gasteiger partial charge >= 0.3 is 12.5 Å². The van der Waals surface area contributed by atoms with Crippen LogP contribution in [0.15, 0.2) is 24.3 Å². The molecular weight excluding hydrogens is 417 g/mol. The molecule has 7 nitrogen and oxygen atoms in total. The monoisotopic (exact) mass is 444 g/mol. The molecule has 0 radical (unpaired) electrons. The number of rotatable bonds is 5. The van der Waals surface area contributed by atoms with E-state index >= 15 is 0 Å². The number of alkyl halides is 3. The maximum atomic E-state index is 13.5. The number of nitrogens with zero attached hydrogens (tertiary/aromatic N) is 1. The second-order valence-electron chi connectivity index (χ2n) is 8.18. The van der Waals surface area contributed by atoms with Gasteiger partial charge in [0.1, 0.15) is 11.9 Å². The topological polar surface area (TPSA) is 102 Å². The number of hydrogen-bond acceptors (Lipinski definition) is 5. The summed E-state index contributed by atoms with van der Waals surface area (Å²) in [5.41, 5.74) is 4.22. The number of aliphatic hydroxyl groups is 1. The number of amides is 2. The first kappa shape index (κ1) is 23.2. The van der Waals surface area contributed by atoms with Crippen LogP contribution in [-0.2, 0) is 9.53 Å². The summed E-state index contributed by atoms with van der Waals surface area (Å²) in [6, 6.07) is 5.11. The van der Waals surface area contributed by atoms with Gasteiger partial charge < -0.3 is 25.2 Å². The predicted octanol–water partition coefficient (Wildman–Crippen LogP) is 3.45. The average molecular weight is 444 g/mol. The van der Waals surface area contributed by atoms with Gasteiger partial charge in [0.15, 0.2) is 0 Å². The number of carbonyl (C=O) groups is 2. The van der Waals surface area contributed by atoms with E-state index in [0.717, 1.165) is 31.4 Å². The molecule has 1 aliphatic heterocycles. The summed E-state index contributed by atoms with van der Waals surface area (Å²) in [6.07, 6.45) is -1.81. The Hall–Kier alpha value is -2.49. The number of primary amides is 1. The minimum absolute atomic E-state index is 0.286. The molecule has 172 valence electrons. The average Bonchev–Trinajstić information content (AvgIpc) is 2.69. The van der Waals surface area contributed by atoms with Crippen molar-refractivity contribution in [2.75, 3.05) is 13.1 Å². The van der Waals surface area contributed by atoms with Crippen molar-refractivity contribution in [3.8, 4) is 5.75 Å². The van der Waals surface area contributed by atoms with E-state index in [1.165, 1.54) is 12.1 Å². The summed E-state index contributed by atoms with van der Waals surface area (Å²) >= 11 is 0. The van der Waals surface area contributed by atoms with Crippen molar-refractivity contribution < 1.29 is 37.3 Å². The van der Waals surface area contributed by atoms with E-state index in [4.69, 9.17) is 10.5 Å². The highest BCUT2D eigenvalue weighted by Crippen LogP contribution is 2.42. The van der Waals surface area contributed by atoms with E-state index in [0.29, 0.717) is 44.3 Å². The summed E-state index contributed by atoms with van der Waals surface area (Å²) < 4.78 is 46.3. The van der Waals surface area contributed by atoms with Gasteiger partial charge in [0.2, 0.25) is 5.91 Å². The minimum atomic E-state index is -4.81. The molecule has 1 aromatic rings. The van der Waals surface area contributed by atoms with E-state index in [-0.39, 0.29) is 17.8 Å². The predicted molar refractivity (Wildman–Crippen MR) is 104 cm³/mol. The molecular formula is C21H27F3N2O5. The molecule has 1 saturated heterocycles. The molecule has 1 saturated carbocycles. The molecule has 3 N–H and O–H groups in total. The highest BCUT2D eigenvalue weighted by Gasteiger charge is 2.45. The zero-order valence-electron chi connectivity index (χ0n) is 17.1. The second kappa shape index (κ2) is 9.33. The van der Waals surface area contributed by atoms with Gasteiger partial charge in [0, 0.05) is 25.9 Å². The molecule has 0 spiro atoms. The third-order valence-corrected chi connectivity index (χ3v) is 5.99. The summed E-state index contributed by atoms with van der Waals surface area (Å²) in [5, 5.41) is 11.4. The van der Waals surface area contributed by atoms with Crippen LogP contribution in [0.1, 0.15) is 56.4 Å². The number of hydrogen-bond donors (Lipinski definition) is 2. The minimum Gasteiger partial charge on any atom is -0.446 e. The van der Waals surface area contributed by atoms with E-state index in [2.05, 4.69) is 4.74 Å². The van der Waals surface area contributed by atoms with Crippen LogP contribution in [0.4, 0.5) is 18.0 Å². The van der Waals surface area contributed by atoms with E-state index < -0.39 is 24.0 Å². The first-order chi connectivity index (χ1) is 14.6. The third-order valence-electron chi connectivity index (χ3n) is 5.99. The fourth-order valence-electron chi connectivity index (χ4n) is 4.54. The van der Waals surface area contributed by atoms with Gasteiger partial charge in [-0.1, -0.05) is 31.4 Å². The van der Waals surface area contributed by atoms with Crippen LogP contribution in [0.25, 0.3) is 0 Å². The maximum absolute atomic E-state index is 13.5. The van der Waals surface area contributed by atoms with Crippen LogP contribution in [-0.4, -0.2) is 53.2 Å². The molecule has 1 aromatic carbocycles. The highest BCUT2D eigenvalue weighted by atomic mass is 19.4. The van der Waals surface area contributed by atoms with Crippen molar-refractivity contribution in [1.29, 1.82) is 0 Å². The quantitative estimate of drug-likeness (QED) is 0.724. The van der Waals surface area contributed by atoms with Crippen molar-refractivity contribution in [3.05, 3.63) is 29.8 Å². The number of nitrogens with two attached hydrogens (primary N) is 1. The lowest BCUT2D eigenvalue weighted by Gasteiger charge is -2.42. The molecule has 0 bridgehead atoms. The Morgan fingerprint density at radius 2 is 1.68 bits per heavy atom. The molecule has 1 heterocycles. The van der Waals surface area contributed by atoms with Crippen LogP contribution in [0.3, 0.4) is 0 Å². The van der Waals surface area contributed by atoms with Crippen LogP contribution < -0.4 is 10.5 Å². The summed E-state index contributed by atoms with van der Waals surface area (Å²) in [6.45, 7) is 0.664. The zero-order valence-corrected chi connectivity index (χ0v) is 17.1. The van der Waals surface area contributed by atoms with Gasteiger partial charge in [-0.05, 0) is 30.5 Å². The van der Waals surface area contributed by atoms with Gasteiger partial charge in [-0.2, -0.15) is 0 Å². The van der Waals surface area contributed by atoms with E-state index in [1.807, 2.05) is 0 Å². The molecule has 2 amide bonds. The van der Waals surface area contributed by atoms with Crippen LogP contribution in [0.5, 0.6) is 5.75 Å². The SMILES string of the molecule is NC(=O)OC1CCN(C(=O)C(c2ccc(OC(F)(F)F)cc2)C2(O)CCCCC2)CC1. The molecule has 1 unspecified atom stereocenters. The highest BCUT2D eigenvalue weighted by molar-refractivity contribution is 5.85. The second-order valence-corrected chi connectivity index (χ2v) is 8.18. The van der Waals surface area contributed by atoms with Gasteiger partial charge in [0.05, 0.1) is 11.5 Å². The van der Waals surface area contributed by atoms with Gasteiger partial charge in [-0.25, -0.2) is 4.79 Å². The lowest BCUT2D eigenvalue weighted by molar-refractivity contribution is -0.274. The molecule has 2 aliphatic rings. The number of halogens is 3. The molecule has 1 aliphatic carbocycles. The Kier molecular flexibility index (Phi) is 6.98. The Bertz CT molecular complexity index is 770. The van der Waals surface area contributed by atoms with Gasteiger partial charge in [-0.15, -0.1) is 13.2 Å². The Morgan fingerprint density at radius 3 is 2.19 bits per heavy atom. The first-order valence-electron chi connectivity index (χ1n) is 10.4. The molecule has 31 heavy (non-hydrogen) atoms. The van der Waals surface area contributed by atoms with Gasteiger partial charge in [-0.3, -0.25) is 4.79 Å². The van der Waals surface area contributed by atoms with Gasteiger partial charge in [0.25, 0.3) is 0 Å². The first-order valence-corrected chi connectivity index (χ1v) is 10.4. The molecule has 2 fully saturated rings. The summed E-state index contributed by atoms with van der Waals surface area (Å²) in [5.74, 6) is -1.57. The Morgan fingerprint density at radius 1 is 1.10 bits per heavy atom. The van der Waals surface area contributed by atoms with Crippen molar-refractivity contribution in [1.82, 2.24) is 4.90 Å². The molecule has 10 heteroatoms. The summed E-state index contributed by atoms with van der Waals surface area (Å²) in [7, 11) is 0. The smallest absolute Gasteiger partial charge is 0.446 e. The molecule has 1 atom stereocenters. The fraction of sp³-hybridized carbons (Fsp3) is 0.619. The number of likely N-dealkylation sites (tertiary alicyclic amines) is 1. The van der Waals surface area contributed by atoms with Crippen molar-refractivity contribution >= 4 is 12.0 Å². The van der Waals surface area contributed by atoms with E-state index in [1.54, 1.807) is 4.90 Å². The molecule has 0 aromatic heterocycles. The number of carbonyl (C=O) groups excluding carboxylic acids is 2. The van der Waals surface area contributed by atoms with Crippen molar-refractivity contribution in [2.24, 2.45) is 5.73 Å². The largest absolute Gasteiger partial charge is 0.573 e. The fourth-order valence-corrected chi connectivity index (χ4v) is 4.54. The zero-order chi connectivity index (χ0) is 22.6. The Balaban J connectivity index is 1.80. The lowest BCUT2D eigenvalue weighted by Crippen LogP contribution is -2.50. The van der Waals surface area contributed by atoms with E-state index in [9.17, 15) is 27.9 Å². The summed E-state index contributed by atoms with van der Waals surface area (Å²) in [4.78, 5) is 26.0. The Labute approximate surface area is 178 Å².